The average Bonchev–Trinajstić information content (AvgIpc) is 2.48. The summed E-state index contributed by atoms with van der Waals surface area (Å²) in [5.41, 5.74) is 1.35. The molecule has 102 valence electrons. The molecule has 0 saturated carbocycles. The van der Waals surface area contributed by atoms with Crippen molar-refractivity contribution < 1.29 is 9.53 Å². The fourth-order valence-electron chi connectivity index (χ4n) is 1.64. The first-order valence-electron chi connectivity index (χ1n) is 6.01. The minimum absolute atomic E-state index is 0.0818. The molecule has 0 radical (unpaired) electrons. The number of benzene rings is 2. The normalized spacial score (nSPS) is 9.65. The summed E-state index contributed by atoms with van der Waals surface area (Å²) >= 11 is 5.09. The molecule has 0 aliphatic rings. The van der Waals surface area contributed by atoms with Gasteiger partial charge in [-0.3, -0.25) is 4.79 Å². The molecule has 2 aromatic rings. The Kier molecular flexibility index (Phi) is 4.68. The van der Waals surface area contributed by atoms with Gasteiger partial charge >= 0.3 is 0 Å². The van der Waals surface area contributed by atoms with E-state index in [1.807, 2.05) is 30.3 Å². The molecular weight excluding hydrogens is 272 g/mol. The predicted molar refractivity (Wildman–Crippen MR) is 84.3 cm³/mol. The Hall–Kier alpha value is -2.40. The van der Waals surface area contributed by atoms with Crippen LogP contribution in [0.1, 0.15) is 0 Å². The lowest BCUT2D eigenvalue weighted by Gasteiger charge is -2.11. The summed E-state index contributed by atoms with van der Waals surface area (Å²) in [7, 11) is 1.56. The van der Waals surface area contributed by atoms with Crippen LogP contribution in [-0.2, 0) is 4.79 Å². The van der Waals surface area contributed by atoms with Crippen LogP contribution in [0.5, 0.6) is 5.75 Å². The molecule has 0 heterocycles. The van der Waals surface area contributed by atoms with Gasteiger partial charge in [0.15, 0.2) is 4.99 Å². The van der Waals surface area contributed by atoms with E-state index in [0.29, 0.717) is 17.1 Å². The maximum absolute atomic E-state index is 12.0. The second-order valence-corrected chi connectivity index (χ2v) is 4.38. The van der Waals surface area contributed by atoms with E-state index in [1.54, 1.807) is 31.4 Å². The van der Waals surface area contributed by atoms with Gasteiger partial charge in [0.1, 0.15) is 5.75 Å². The van der Waals surface area contributed by atoms with Crippen molar-refractivity contribution in [3.05, 3.63) is 54.6 Å². The Morgan fingerprint density at radius 2 is 1.65 bits per heavy atom. The topological polar surface area (TPSA) is 50.4 Å². The van der Waals surface area contributed by atoms with Gasteiger partial charge in [0, 0.05) is 5.69 Å². The number of para-hydroxylation sites is 3. The summed E-state index contributed by atoms with van der Waals surface area (Å²) in [6.45, 7) is 0. The second kappa shape index (κ2) is 6.68. The molecule has 0 bridgehead atoms. The van der Waals surface area contributed by atoms with Crippen LogP contribution in [0.2, 0.25) is 0 Å². The zero-order valence-electron chi connectivity index (χ0n) is 10.9. The number of thiocarbonyl (C=S) groups is 1. The van der Waals surface area contributed by atoms with Crippen LogP contribution in [0.25, 0.3) is 0 Å². The standard InChI is InChI=1S/C15H14N2O2S/c1-19-13-10-6-5-9-12(13)17-15(20)14(18)16-11-7-3-2-4-8-11/h2-10H,1H3,(H,16,18)(H,17,20). The van der Waals surface area contributed by atoms with E-state index >= 15 is 0 Å². The molecule has 0 fully saturated rings. The quantitative estimate of drug-likeness (QED) is 0.851. The van der Waals surface area contributed by atoms with Crippen LogP contribution in [0.4, 0.5) is 11.4 Å². The van der Waals surface area contributed by atoms with Gasteiger partial charge in [0.25, 0.3) is 5.91 Å². The molecule has 1 amide bonds. The molecule has 2 rings (SSSR count). The highest BCUT2D eigenvalue weighted by atomic mass is 32.1. The van der Waals surface area contributed by atoms with E-state index in [2.05, 4.69) is 10.6 Å². The fraction of sp³-hybridized carbons (Fsp3) is 0.0667. The summed E-state index contributed by atoms with van der Waals surface area (Å²) < 4.78 is 5.19. The summed E-state index contributed by atoms with van der Waals surface area (Å²) in [5, 5.41) is 5.59. The summed E-state index contributed by atoms with van der Waals surface area (Å²) in [6, 6.07) is 16.4. The molecule has 0 unspecified atom stereocenters. The van der Waals surface area contributed by atoms with Crippen LogP contribution >= 0.6 is 12.2 Å². The van der Waals surface area contributed by atoms with E-state index < -0.39 is 0 Å². The number of carbonyl (C=O) groups excluding carboxylic acids is 1. The highest BCUT2D eigenvalue weighted by Gasteiger charge is 2.11. The Bertz CT molecular complexity index is 614. The van der Waals surface area contributed by atoms with Crippen molar-refractivity contribution in [2.24, 2.45) is 0 Å². The fourth-order valence-corrected chi connectivity index (χ4v) is 1.80. The zero-order chi connectivity index (χ0) is 14.4. The Balaban J connectivity index is 2.03. The Morgan fingerprint density at radius 3 is 2.35 bits per heavy atom. The number of hydrogen-bond acceptors (Lipinski definition) is 3. The number of rotatable bonds is 3. The van der Waals surface area contributed by atoms with Crippen molar-refractivity contribution in [3.63, 3.8) is 0 Å². The smallest absolute Gasteiger partial charge is 0.283 e. The van der Waals surface area contributed by atoms with Crippen molar-refractivity contribution in [2.75, 3.05) is 17.7 Å². The molecule has 0 atom stereocenters. The predicted octanol–water partition coefficient (Wildman–Crippen LogP) is 3.07. The zero-order valence-corrected chi connectivity index (χ0v) is 11.7. The van der Waals surface area contributed by atoms with Crippen molar-refractivity contribution in [1.29, 1.82) is 0 Å². The summed E-state index contributed by atoms with van der Waals surface area (Å²) in [4.78, 5) is 12.0. The van der Waals surface area contributed by atoms with E-state index in [0.717, 1.165) is 0 Å². The number of ether oxygens (including phenoxy) is 1. The number of anilines is 2. The lowest BCUT2D eigenvalue weighted by molar-refractivity contribution is -0.110. The monoisotopic (exact) mass is 286 g/mol. The van der Waals surface area contributed by atoms with Gasteiger partial charge in [-0.1, -0.05) is 42.5 Å². The molecule has 0 aliphatic heterocycles. The lowest BCUT2D eigenvalue weighted by atomic mass is 10.3. The highest BCUT2D eigenvalue weighted by Crippen LogP contribution is 2.23. The first-order chi connectivity index (χ1) is 9.70. The molecule has 2 aromatic carbocycles. The van der Waals surface area contributed by atoms with Crippen molar-refractivity contribution >= 4 is 34.5 Å². The second-order valence-electron chi connectivity index (χ2n) is 3.97. The van der Waals surface area contributed by atoms with Gasteiger partial charge in [-0.25, -0.2) is 0 Å². The summed E-state index contributed by atoms with van der Waals surface area (Å²) in [6.07, 6.45) is 0. The van der Waals surface area contributed by atoms with Gasteiger partial charge in [-0.05, 0) is 24.3 Å². The van der Waals surface area contributed by atoms with Gasteiger partial charge in [-0.15, -0.1) is 0 Å². The third-order valence-electron chi connectivity index (χ3n) is 2.59. The average molecular weight is 286 g/mol. The maximum atomic E-state index is 12.0. The SMILES string of the molecule is COc1ccccc1NC(=S)C(=O)Nc1ccccc1. The minimum atomic E-state index is -0.364. The molecule has 0 saturated heterocycles. The molecule has 4 nitrogen and oxygen atoms in total. The first kappa shape index (κ1) is 14.0. The third kappa shape index (κ3) is 3.55. The van der Waals surface area contributed by atoms with Crippen molar-refractivity contribution in [3.8, 4) is 5.75 Å². The number of nitrogens with one attached hydrogen (secondary N) is 2. The number of carbonyl (C=O) groups is 1. The minimum Gasteiger partial charge on any atom is -0.495 e. The molecule has 0 aliphatic carbocycles. The van der Waals surface area contributed by atoms with Crippen LogP contribution in [0.3, 0.4) is 0 Å². The summed E-state index contributed by atoms with van der Waals surface area (Å²) in [5.74, 6) is 0.263. The van der Waals surface area contributed by atoms with Crippen LogP contribution in [0, 0.1) is 0 Å². The van der Waals surface area contributed by atoms with Crippen molar-refractivity contribution in [2.45, 2.75) is 0 Å². The van der Waals surface area contributed by atoms with Gasteiger partial charge < -0.3 is 15.4 Å². The maximum Gasteiger partial charge on any atom is 0.283 e. The van der Waals surface area contributed by atoms with E-state index in [-0.39, 0.29) is 10.9 Å². The van der Waals surface area contributed by atoms with E-state index in [9.17, 15) is 4.79 Å². The molecular formula is C15H14N2O2S. The van der Waals surface area contributed by atoms with E-state index in [4.69, 9.17) is 17.0 Å². The van der Waals surface area contributed by atoms with Gasteiger partial charge in [-0.2, -0.15) is 0 Å². The lowest BCUT2D eigenvalue weighted by Crippen LogP contribution is -2.27. The van der Waals surface area contributed by atoms with Gasteiger partial charge in [0.2, 0.25) is 0 Å². The molecule has 2 N–H and O–H groups in total. The number of amides is 1. The Labute approximate surface area is 122 Å². The molecule has 0 spiro atoms. The third-order valence-corrected chi connectivity index (χ3v) is 2.88. The Morgan fingerprint density at radius 1 is 1.00 bits per heavy atom. The number of hydrogen-bond donors (Lipinski definition) is 2. The van der Waals surface area contributed by atoms with Gasteiger partial charge in [0.05, 0.1) is 12.8 Å². The molecule has 20 heavy (non-hydrogen) atoms. The van der Waals surface area contributed by atoms with Crippen LogP contribution in [0.15, 0.2) is 54.6 Å². The first-order valence-corrected chi connectivity index (χ1v) is 6.42. The largest absolute Gasteiger partial charge is 0.495 e. The van der Waals surface area contributed by atoms with E-state index in [1.165, 1.54) is 0 Å². The number of methoxy groups -OCH3 is 1. The van der Waals surface area contributed by atoms with Crippen molar-refractivity contribution in [1.82, 2.24) is 0 Å². The van der Waals surface area contributed by atoms with Crippen LogP contribution < -0.4 is 15.4 Å². The highest BCUT2D eigenvalue weighted by molar-refractivity contribution is 7.82. The molecule has 0 aromatic heterocycles. The molecule has 5 heteroatoms. The van der Waals surface area contributed by atoms with Crippen LogP contribution in [-0.4, -0.2) is 18.0 Å².